The van der Waals surface area contributed by atoms with Gasteiger partial charge in [0.1, 0.15) is 5.75 Å². The maximum absolute atomic E-state index is 10.2. The molecule has 1 N–H and O–H groups in total. The molecule has 0 saturated carbocycles. The van der Waals surface area contributed by atoms with Crippen molar-refractivity contribution in [2.24, 2.45) is 0 Å². The van der Waals surface area contributed by atoms with Crippen LogP contribution in [0.25, 0.3) is 0 Å². The fraction of sp³-hybridized carbons (Fsp3) is 0.600. The summed E-state index contributed by atoms with van der Waals surface area (Å²) in [6.45, 7) is 5.05. The van der Waals surface area contributed by atoms with E-state index in [9.17, 15) is 5.11 Å². The number of phenols is 1. The summed E-state index contributed by atoms with van der Waals surface area (Å²) < 4.78 is 1.03. The van der Waals surface area contributed by atoms with Crippen LogP contribution in [0.4, 0.5) is 0 Å². The second kappa shape index (κ2) is 6.25. The van der Waals surface area contributed by atoms with E-state index in [4.69, 9.17) is 0 Å². The number of aromatic hydroxyl groups is 1. The molecule has 2 rings (SSSR count). The number of likely N-dealkylation sites (tertiary alicyclic amines) is 1. The van der Waals surface area contributed by atoms with Crippen molar-refractivity contribution in [3.8, 4) is 5.75 Å². The molecule has 1 aliphatic heterocycles. The van der Waals surface area contributed by atoms with Crippen molar-refractivity contribution < 1.29 is 5.11 Å². The molecule has 0 spiro atoms. The highest BCUT2D eigenvalue weighted by molar-refractivity contribution is 9.10. The number of hydrogen-bond donors (Lipinski definition) is 1. The number of halogens is 1. The van der Waals surface area contributed by atoms with Gasteiger partial charge in [-0.3, -0.25) is 4.90 Å². The van der Waals surface area contributed by atoms with Gasteiger partial charge in [0.2, 0.25) is 0 Å². The number of likely N-dealkylation sites (N-methyl/N-ethyl adjacent to an activating group) is 2. The summed E-state index contributed by atoms with van der Waals surface area (Å²) in [6, 6.07) is 4.55. The molecule has 1 aromatic rings. The molecule has 0 bridgehead atoms. The van der Waals surface area contributed by atoms with Crippen LogP contribution in [0.2, 0.25) is 0 Å². The van der Waals surface area contributed by atoms with Crippen molar-refractivity contribution in [1.82, 2.24) is 9.80 Å². The molecule has 0 radical (unpaired) electrons. The summed E-state index contributed by atoms with van der Waals surface area (Å²) in [5, 5.41) is 10.2. The first-order valence-electron chi connectivity index (χ1n) is 6.84. The van der Waals surface area contributed by atoms with E-state index in [1.54, 1.807) is 0 Å². The van der Waals surface area contributed by atoms with E-state index in [-0.39, 0.29) is 0 Å². The Labute approximate surface area is 124 Å². The molecule has 0 amide bonds. The third-order valence-electron chi connectivity index (χ3n) is 3.99. The Kier molecular flexibility index (Phi) is 4.87. The van der Waals surface area contributed by atoms with Crippen molar-refractivity contribution >= 4 is 15.9 Å². The van der Waals surface area contributed by atoms with Gasteiger partial charge in [0, 0.05) is 29.2 Å². The van der Waals surface area contributed by atoms with Gasteiger partial charge in [0.15, 0.2) is 0 Å². The minimum absolute atomic E-state index is 0.430. The van der Waals surface area contributed by atoms with Crippen LogP contribution >= 0.6 is 15.9 Å². The first-order chi connectivity index (χ1) is 8.97. The Morgan fingerprint density at radius 2 is 2.21 bits per heavy atom. The van der Waals surface area contributed by atoms with Crippen LogP contribution in [0.3, 0.4) is 0 Å². The van der Waals surface area contributed by atoms with Gasteiger partial charge in [-0.1, -0.05) is 15.9 Å². The zero-order chi connectivity index (χ0) is 14.0. The third kappa shape index (κ3) is 3.71. The Bertz CT molecular complexity index is 450. The van der Waals surface area contributed by atoms with Crippen LogP contribution in [-0.2, 0) is 6.54 Å². The highest BCUT2D eigenvalue weighted by Gasteiger charge is 2.22. The van der Waals surface area contributed by atoms with Crippen LogP contribution in [0.15, 0.2) is 16.6 Å². The van der Waals surface area contributed by atoms with Gasteiger partial charge in [0.25, 0.3) is 0 Å². The largest absolute Gasteiger partial charge is 0.507 e. The molecule has 1 fully saturated rings. The first-order valence-corrected chi connectivity index (χ1v) is 7.63. The smallest absolute Gasteiger partial charge is 0.123 e. The van der Waals surface area contributed by atoms with Gasteiger partial charge in [-0.2, -0.15) is 0 Å². The summed E-state index contributed by atoms with van der Waals surface area (Å²) in [6.07, 6.45) is 2.50. The molecular formula is C15H23BrN2O. The van der Waals surface area contributed by atoms with Crippen molar-refractivity contribution in [2.75, 3.05) is 27.2 Å². The highest BCUT2D eigenvalue weighted by Crippen LogP contribution is 2.28. The average Bonchev–Trinajstić information content (AvgIpc) is 2.35. The Hall–Kier alpha value is -0.580. The summed E-state index contributed by atoms with van der Waals surface area (Å²) in [5.41, 5.74) is 1.93. The lowest BCUT2D eigenvalue weighted by molar-refractivity contribution is 0.128. The molecular weight excluding hydrogens is 304 g/mol. The lowest BCUT2D eigenvalue weighted by Gasteiger charge is -2.36. The number of nitrogens with zero attached hydrogens (tertiary/aromatic N) is 2. The number of phenolic OH excluding ortho intramolecular Hbond substituents is 1. The van der Waals surface area contributed by atoms with E-state index < -0.39 is 0 Å². The van der Waals surface area contributed by atoms with Crippen LogP contribution < -0.4 is 0 Å². The van der Waals surface area contributed by atoms with Gasteiger partial charge in [0.05, 0.1) is 0 Å². The molecule has 1 heterocycles. The maximum Gasteiger partial charge on any atom is 0.123 e. The van der Waals surface area contributed by atoms with Gasteiger partial charge in [-0.25, -0.2) is 0 Å². The summed E-state index contributed by atoms with van der Waals surface area (Å²) >= 11 is 3.50. The number of rotatable bonds is 3. The molecule has 106 valence electrons. The molecule has 1 atom stereocenters. The average molecular weight is 327 g/mol. The standard InChI is InChI=1S/C15H23BrN2O/c1-11-7-13(16)8-12(15(11)19)9-18(3)14-5-4-6-17(2)10-14/h7-8,14,19H,4-6,9-10H2,1-3H3. The van der Waals surface area contributed by atoms with Crippen LogP contribution in [-0.4, -0.2) is 48.1 Å². The predicted octanol–water partition coefficient (Wildman–Crippen LogP) is 2.99. The molecule has 4 heteroatoms. The second-order valence-corrected chi connectivity index (χ2v) is 6.62. The summed E-state index contributed by atoms with van der Waals surface area (Å²) in [7, 11) is 4.33. The number of piperidine rings is 1. The van der Waals surface area contributed by atoms with E-state index >= 15 is 0 Å². The fourth-order valence-electron chi connectivity index (χ4n) is 2.82. The molecule has 1 aromatic carbocycles. The van der Waals surface area contributed by atoms with E-state index in [0.29, 0.717) is 11.8 Å². The molecule has 1 unspecified atom stereocenters. The highest BCUT2D eigenvalue weighted by atomic mass is 79.9. The SMILES string of the molecule is Cc1cc(Br)cc(CN(C)C2CCCN(C)C2)c1O. The molecule has 0 aromatic heterocycles. The van der Waals surface area contributed by atoms with Gasteiger partial charge in [-0.05, 0) is 58.1 Å². The Morgan fingerprint density at radius 3 is 2.89 bits per heavy atom. The monoisotopic (exact) mass is 326 g/mol. The van der Waals surface area contributed by atoms with Crippen molar-refractivity contribution in [2.45, 2.75) is 32.4 Å². The zero-order valence-electron chi connectivity index (χ0n) is 12.0. The normalized spacial score (nSPS) is 21.0. The Balaban J connectivity index is 2.08. The molecule has 1 aliphatic rings. The van der Waals surface area contributed by atoms with E-state index in [1.165, 1.54) is 19.4 Å². The van der Waals surface area contributed by atoms with Crippen LogP contribution in [0, 0.1) is 6.92 Å². The Morgan fingerprint density at radius 1 is 1.47 bits per heavy atom. The van der Waals surface area contributed by atoms with Crippen LogP contribution in [0.1, 0.15) is 24.0 Å². The lowest BCUT2D eigenvalue weighted by Crippen LogP contribution is -2.44. The number of benzene rings is 1. The zero-order valence-corrected chi connectivity index (χ0v) is 13.6. The topological polar surface area (TPSA) is 26.7 Å². The third-order valence-corrected chi connectivity index (χ3v) is 4.44. The van der Waals surface area contributed by atoms with Crippen molar-refractivity contribution in [3.05, 3.63) is 27.7 Å². The predicted molar refractivity (Wildman–Crippen MR) is 82.5 cm³/mol. The quantitative estimate of drug-likeness (QED) is 0.925. The van der Waals surface area contributed by atoms with E-state index in [0.717, 1.165) is 28.7 Å². The number of aryl methyl sites for hydroxylation is 1. The van der Waals surface area contributed by atoms with Crippen LogP contribution in [0.5, 0.6) is 5.75 Å². The fourth-order valence-corrected chi connectivity index (χ4v) is 3.44. The summed E-state index contributed by atoms with van der Waals surface area (Å²) in [5.74, 6) is 0.430. The maximum atomic E-state index is 10.2. The number of hydrogen-bond acceptors (Lipinski definition) is 3. The minimum Gasteiger partial charge on any atom is -0.507 e. The summed E-state index contributed by atoms with van der Waals surface area (Å²) in [4.78, 5) is 4.74. The molecule has 19 heavy (non-hydrogen) atoms. The minimum atomic E-state index is 0.430. The molecule has 3 nitrogen and oxygen atoms in total. The van der Waals surface area contributed by atoms with E-state index in [2.05, 4.69) is 39.8 Å². The van der Waals surface area contributed by atoms with Gasteiger partial charge < -0.3 is 10.0 Å². The first kappa shape index (κ1) is 14.8. The molecule has 1 saturated heterocycles. The van der Waals surface area contributed by atoms with E-state index in [1.807, 2.05) is 19.1 Å². The van der Waals surface area contributed by atoms with Crippen molar-refractivity contribution in [3.63, 3.8) is 0 Å². The van der Waals surface area contributed by atoms with Gasteiger partial charge >= 0.3 is 0 Å². The van der Waals surface area contributed by atoms with Gasteiger partial charge in [-0.15, -0.1) is 0 Å². The second-order valence-electron chi connectivity index (χ2n) is 5.70. The molecule has 0 aliphatic carbocycles. The van der Waals surface area contributed by atoms with Crippen molar-refractivity contribution in [1.29, 1.82) is 0 Å². The lowest BCUT2D eigenvalue weighted by atomic mass is 10.0.